The zero-order chi connectivity index (χ0) is 17.3. The van der Waals surface area contributed by atoms with E-state index in [1.807, 2.05) is 0 Å². The normalized spacial score (nSPS) is 15.8. The van der Waals surface area contributed by atoms with E-state index in [4.69, 9.17) is 16.2 Å². The first-order valence-electron chi connectivity index (χ1n) is 6.13. The summed E-state index contributed by atoms with van der Waals surface area (Å²) in [5.41, 5.74) is 8.76. The molecule has 6 nitrogen and oxygen atoms in total. The van der Waals surface area contributed by atoms with Gasteiger partial charge < -0.3 is 10.5 Å². The van der Waals surface area contributed by atoms with Crippen molar-refractivity contribution in [2.24, 2.45) is 11.5 Å². The number of halogens is 3. The van der Waals surface area contributed by atoms with Gasteiger partial charge in [0.15, 0.2) is 11.5 Å². The second-order valence-corrected chi connectivity index (χ2v) is 4.95. The fourth-order valence-electron chi connectivity index (χ4n) is 1.62. The molecule has 0 aliphatic heterocycles. The summed E-state index contributed by atoms with van der Waals surface area (Å²) in [6.07, 6.45) is -4.70. The Labute approximate surface area is 124 Å². The first kappa shape index (κ1) is 17.8. The predicted molar refractivity (Wildman–Crippen MR) is 73.9 cm³/mol. The predicted octanol–water partition coefficient (Wildman–Crippen LogP) is 2.92. The van der Waals surface area contributed by atoms with Gasteiger partial charge in [0.25, 0.3) is 0 Å². The highest BCUT2D eigenvalue weighted by molar-refractivity contribution is 5.50. The number of hydrogen-bond acceptors (Lipinski definition) is 5. The first-order chi connectivity index (χ1) is 9.86. The molecule has 0 unspecified atom stereocenters. The van der Waals surface area contributed by atoms with Crippen LogP contribution in [0.25, 0.3) is 0 Å². The number of hydrogen-bond donors (Lipinski definition) is 2. The fraction of sp³-hybridized carbons (Fsp3) is 0.385. The van der Waals surface area contributed by atoms with Gasteiger partial charge in [-0.3, -0.25) is 15.8 Å². The summed E-state index contributed by atoms with van der Waals surface area (Å²) in [7, 11) is 0. The van der Waals surface area contributed by atoms with Gasteiger partial charge in [-0.25, -0.2) is 0 Å². The highest BCUT2D eigenvalue weighted by Gasteiger charge is 2.35. The maximum absolute atomic E-state index is 12.6. The number of rotatable bonds is 4. The molecule has 0 aliphatic carbocycles. The molecule has 1 atom stereocenters. The smallest absolute Gasteiger partial charge is 0.416 e. The number of nitro groups is 1. The second kappa shape index (κ2) is 5.84. The van der Waals surface area contributed by atoms with Gasteiger partial charge in [0.2, 0.25) is 0 Å². The van der Waals surface area contributed by atoms with Crippen molar-refractivity contribution in [2.75, 3.05) is 0 Å². The van der Waals surface area contributed by atoms with Crippen molar-refractivity contribution in [1.29, 1.82) is 0 Å². The minimum absolute atomic E-state index is 0.347. The molecule has 0 radical (unpaired) electrons. The summed E-state index contributed by atoms with van der Waals surface area (Å²) in [6.45, 7) is 4.52. The minimum Gasteiger partial charge on any atom is -0.462 e. The molecule has 122 valence electrons. The lowest BCUT2D eigenvalue weighted by molar-refractivity contribution is -0.386. The van der Waals surface area contributed by atoms with Crippen molar-refractivity contribution in [3.8, 4) is 5.75 Å². The number of ether oxygens (including phenoxy) is 1. The Kier molecular flexibility index (Phi) is 4.71. The van der Waals surface area contributed by atoms with Gasteiger partial charge in [-0.2, -0.15) is 13.2 Å². The zero-order valence-corrected chi connectivity index (χ0v) is 12.2. The Morgan fingerprint density at radius 2 is 1.86 bits per heavy atom. The van der Waals surface area contributed by atoms with Gasteiger partial charge in [-0.15, -0.1) is 0 Å². The van der Waals surface area contributed by atoms with Gasteiger partial charge in [0.05, 0.1) is 10.5 Å². The van der Waals surface area contributed by atoms with Crippen LogP contribution in [0.3, 0.4) is 0 Å². The molecule has 0 aliphatic rings. The number of benzene rings is 1. The number of alkyl halides is 3. The lowest BCUT2D eigenvalue weighted by Crippen LogP contribution is -2.45. The van der Waals surface area contributed by atoms with Crippen LogP contribution in [0, 0.1) is 10.1 Å². The molecule has 1 aromatic rings. The van der Waals surface area contributed by atoms with Crippen LogP contribution >= 0.6 is 0 Å². The van der Waals surface area contributed by atoms with E-state index < -0.39 is 28.1 Å². The van der Waals surface area contributed by atoms with E-state index in [-0.39, 0.29) is 5.75 Å². The third-order valence-electron chi connectivity index (χ3n) is 3.14. The Bertz CT molecular complexity index is 621. The van der Waals surface area contributed by atoms with Crippen LogP contribution < -0.4 is 16.2 Å². The zero-order valence-electron chi connectivity index (χ0n) is 12.2. The van der Waals surface area contributed by atoms with Gasteiger partial charge in [0, 0.05) is 17.3 Å². The molecule has 0 heterocycles. The maximum Gasteiger partial charge on any atom is 0.416 e. The molecular formula is C13H16F3N3O3. The second-order valence-electron chi connectivity index (χ2n) is 4.95. The topological polar surface area (TPSA) is 104 Å². The Morgan fingerprint density at radius 3 is 2.27 bits per heavy atom. The SMILES string of the molecule is C/C(N)=C(\C)[C@@](C)(N)Oc1ccc(C(F)(F)F)cc1[N+](=O)[O-]. The molecule has 0 saturated heterocycles. The van der Waals surface area contributed by atoms with E-state index in [0.717, 1.165) is 6.07 Å². The van der Waals surface area contributed by atoms with Crippen molar-refractivity contribution in [3.63, 3.8) is 0 Å². The highest BCUT2D eigenvalue weighted by Crippen LogP contribution is 2.37. The van der Waals surface area contributed by atoms with Crippen molar-refractivity contribution in [2.45, 2.75) is 32.7 Å². The average molecular weight is 319 g/mol. The molecule has 9 heteroatoms. The van der Waals surface area contributed by atoms with Crippen LogP contribution in [0.2, 0.25) is 0 Å². The number of nitro benzene ring substituents is 1. The molecule has 4 N–H and O–H groups in total. The number of allylic oxidation sites excluding steroid dienone is 1. The van der Waals surface area contributed by atoms with Crippen molar-refractivity contribution < 1.29 is 22.8 Å². The Morgan fingerprint density at radius 1 is 1.32 bits per heavy atom. The highest BCUT2D eigenvalue weighted by atomic mass is 19.4. The van der Waals surface area contributed by atoms with E-state index >= 15 is 0 Å². The van der Waals surface area contributed by atoms with Gasteiger partial charge in [-0.05, 0) is 32.9 Å². The molecule has 0 saturated carbocycles. The lowest BCUT2D eigenvalue weighted by atomic mass is 10.1. The summed E-state index contributed by atoms with van der Waals surface area (Å²) in [6, 6.07) is 1.96. The fourth-order valence-corrected chi connectivity index (χ4v) is 1.62. The summed E-state index contributed by atoms with van der Waals surface area (Å²) in [5, 5.41) is 11.0. The van der Waals surface area contributed by atoms with E-state index in [1.54, 1.807) is 13.8 Å². The monoisotopic (exact) mass is 319 g/mol. The molecule has 0 fully saturated rings. The van der Waals surface area contributed by atoms with Crippen LogP contribution in [0.15, 0.2) is 29.5 Å². The van der Waals surface area contributed by atoms with Crippen LogP contribution in [-0.2, 0) is 6.18 Å². The third-order valence-corrected chi connectivity index (χ3v) is 3.14. The lowest BCUT2D eigenvalue weighted by Gasteiger charge is -2.28. The summed E-state index contributed by atoms with van der Waals surface area (Å²) in [5.74, 6) is -0.372. The van der Waals surface area contributed by atoms with Gasteiger partial charge >= 0.3 is 11.9 Å². The summed E-state index contributed by atoms with van der Waals surface area (Å²) < 4.78 is 43.2. The standard InChI is InChI=1S/C13H16F3N3O3/c1-7(8(2)17)12(3,18)22-11-5-4-9(13(14,15)16)6-10(11)19(20)21/h4-6H,17-18H2,1-3H3/b8-7-/t12-/m0/s1. The molecule has 22 heavy (non-hydrogen) atoms. The maximum atomic E-state index is 12.6. The van der Waals surface area contributed by atoms with E-state index in [1.165, 1.54) is 6.92 Å². The summed E-state index contributed by atoms with van der Waals surface area (Å²) >= 11 is 0. The van der Waals surface area contributed by atoms with E-state index in [0.29, 0.717) is 23.4 Å². The third kappa shape index (κ3) is 3.88. The average Bonchev–Trinajstić information content (AvgIpc) is 2.35. The molecule has 0 aromatic heterocycles. The molecule has 1 aromatic carbocycles. The largest absolute Gasteiger partial charge is 0.462 e. The molecule has 0 amide bonds. The quantitative estimate of drug-likeness (QED) is 0.504. The van der Waals surface area contributed by atoms with E-state index in [2.05, 4.69) is 0 Å². The van der Waals surface area contributed by atoms with Gasteiger partial charge in [0.1, 0.15) is 0 Å². The molecule has 0 bridgehead atoms. The molecule has 0 spiro atoms. The van der Waals surface area contributed by atoms with Crippen LogP contribution in [0.4, 0.5) is 18.9 Å². The first-order valence-corrected chi connectivity index (χ1v) is 6.13. The minimum atomic E-state index is -4.70. The molecular weight excluding hydrogens is 303 g/mol. The Hall–Kier alpha value is -2.29. The van der Waals surface area contributed by atoms with Crippen molar-refractivity contribution in [1.82, 2.24) is 0 Å². The molecule has 1 rings (SSSR count). The van der Waals surface area contributed by atoms with E-state index in [9.17, 15) is 23.3 Å². The van der Waals surface area contributed by atoms with Crippen LogP contribution in [0.5, 0.6) is 5.75 Å². The number of nitrogens with zero attached hydrogens (tertiary/aromatic N) is 1. The van der Waals surface area contributed by atoms with Gasteiger partial charge in [-0.1, -0.05) is 0 Å². The Balaban J connectivity index is 3.32. The van der Waals surface area contributed by atoms with Crippen LogP contribution in [0.1, 0.15) is 26.3 Å². The van der Waals surface area contributed by atoms with Crippen molar-refractivity contribution >= 4 is 5.69 Å². The number of nitrogens with two attached hydrogens (primary N) is 2. The van der Waals surface area contributed by atoms with Crippen LogP contribution in [-0.4, -0.2) is 10.6 Å². The van der Waals surface area contributed by atoms with Crippen molar-refractivity contribution in [3.05, 3.63) is 45.1 Å². The summed E-state index contributed by atoms with van der Waals surface area (Å²) in [4.78, 5) is 10.0.